The lowest BCUT2D eigenvalue weighted by molar-refractivity contribution is -0.121. The van der Waals surface area contributed by atoms with Crippen LogP contribution in [0.15, 0.2) is 18.2 Å². The van der Waals surface area contributed by atoms with E-state index >= 15 is 0 Å². The minimum absolute atomic E-state index is 0.0358. The maximum Gasteiger partial charge on any atom is 0.318 e. The third-order valence-corrected chi connectivity index (χ3v) is 6.05. The third kappa shape index (κ3) is 5.05. The van der Waals surface area contributed by atoms with E-state index in [1.807, 2.05) is 13.8 Å². The van der Waals surface area contributed by atoms with Crippen molar-refractivity contribution in [2.75, 3.05) is 31.6 Å². The number of hydrogen-bond acceptors (Lipinski definition) is 4. The molecule has 2 aliphatic heterocycles. The van der Waals surface area contributed by atoms with E-state index in [0.29, 0.717) is 12.2 Å². The van der Waals surface area contributed by atoms with Crippen LogP contribution in [-0.4, -0.2) is 65.2 Å². The fourth-order valence-electron chi connectivity index (χ4n) is 4.12. The van der Waals surface area contributed by atoms with Gasteiger partial charge in [-0.25, -0.2) is 9.18 Å². The number of benzene rings is 1. The predicted octanol–water partition coefficient (Wildman–Crippen LogP) is 2.16. The van der Waals surface area contributed by atoms with Gasteiger partial charge in [-0.2, -0.15) is 0 Å². The summed E-state index contributed by atoms with van der Waals surface area (Å²) < 4.78 is 13.7. The Morgan fingerprint density at radius 2 is 2.10 bits per heavy atom. The highest BCUT2D eigenvalue weighted by atomic mass is 19.1. The molecular formula is C21H31FN4O3. The minimum Gasteiger partial charge on any atom is -0.395 e. The summed E-state index contributed by atoms with van der Waals surface area (Å²) in [5.74, 6) is -0.736. The first-order valence-corrected chi connectivity index (χ1v) is 10.4. The normalized spacial score (nSPS) is 21.9. The van der Waals surface area contributed by atoms with Gasteiger partial charge in [-0.1, -0.05) is 26.3 Å². The van der Waals surface area contributed by atoms with Crippen molar-refractivity contribution < 1.29 is 19.1 Å². The Bertz CT molecular complexity index is 737. The topological polar surface area (TPSA) is 84.9 Å². The number of likely N-dealkylation sites (tertiary alicyclic amines) is 1. The number of carbonyl (C=O) groups is 2. The van der Waals surface area contributed by atoms with Crippen LogP contribution in [0, 0.1) is 11.7 Å². The average molecular weight is 407 g/mol. The number of urea groups is 1. The SMILES string of the molecule is CC[C@H](C)[C@H]1C(=O)Nc2cc(F)ccc2CN1C(=O)NC1CCN(CCO)CC1. The second kappa shape index (κ2) is 9.54. The molecule has 1 aromatic carbocycles. The molecule has 2 heterocycles. The molecule has 0 bridgehead atoms. The highest BCUT2D eigenvalue weighted by Gasteiger charge is 2.37. The molecule has 8 heteroatoms. The lowest BCUT2D eigenvalue weighted by Gasteiger charge is -2.36. The first kappa shape index (κ1) is 21.5. The number of halogens is 1. The number of rotatable bonds is 5. The molecule has 3 rings (SSSR count). The predicted molar refractivity (Wildman–Crippen MR) is 109 cm³/mol. The van der Waals surface area contributed by atoms with Crippen molar-refractivity contribution in [3.8, 4) is 0 Å². The fourth-order valence-corrected chi connectivity index (χ4v) is 4.12. The lowest BCUT2D eigenvalue weighted by Crippen LogP contribution is -2.55. The summed E-state index contributed by atoms with van der Waals surface area (Å²) in [6.45, 7) is 6.62. The average Bonchev–Trinajstić information content (AvgIpc) is 2.84. The second-order valence-corrected chi connectivity index (χ2v) is 8.04. The van der Waals surface area contributed by atoms with Crippen LogP contribution in [0.5, 0.6) is 0 Å². The quantitative estimate of drug-likeness (QED) is 0.700. The molecule has 1 aromatic rings. The Hall–Kier alpha value is -2.19. The van der Waals surface area contributed by atoms with Crippen LogP contribution in [0.1, 0.15) is 38.7 Å². The fraction of sp³-hybridized carbons (Fsp3) is 0.619. The standard InChI is InChI=1S/C21H31FN4O3/c1-3-14(2)19-20(28)24-18-12-16(22)5-4-15(18)13-26(19)21(29)23-17-6-8-25(9-7-17)10-11-27/h4-5,12,14,17,19,27H,3,6-11,13H2,1-2H3,(H,23,29)(H,24,28)/t14-,19-/m0/s1. The molecule has 3 N–H and O–H groups in total. The molecule has 0 unspecified atom stereocenters. The van der Waals surface area contributed by atoms with Crippen LogP contribution in [0.25, 0.3) is 0 Å². The molecule has 3 amide bonds. The van der Waals surface area contributed by atoms with Crippen molar-refractivity contribution in [1.29, 1.82) is 0 Å². The van der Waals surface area contributed by atoms with Gasteiger partial charge in [-0.05, 0) is 36.5 Å². The molecule has 2 atom stereocenters. The number of aliphatic hydroxyl groups excluding tert-OH is 1. The number of amides is 3. The number of β-amino-alcohol motifs (C(OH)–C–C–N with tert-alkyl or cyclic N) is 1. The minimum atomic E-state index is -0.620. The molecule has 160 valence electrons. The van der Waals surface area contributed by atoms with Gasteiger partial charge in [-0.3, -0.25) is 4.79 Å². The molecule has 29 heavy (non-hydrogen) atoms. The Labute approximate surface area is 171 Å². The maximum absolute atomic E-state index is 13.7. The van der Waals surface area contributed by atoms with Gasteiger partial charge in [0.15, 0.2) is 0 Å². The zero-order valence-electron chi connectivity index (χ0n) is 17.2. The van der Waals surface area contributed by atoms with Crippen LogP contribution >= 0.6 is 0 Å². The van der Waals surface area contributed by atoms with E-state index < -0.39 is 11.9 Å². The third-order valence-electron chi connectivity index (χ3n) is 6.05. The van der Waals surface area contributed by atoms with Gasteiger partial charge >= 0.3 is 6.03 Å². The van der Waals surface area contributed by atoms with E-state index in [1.54, 1.807) is 11.0 Å². The number of aliphatic hydroxyl groups is 1. The molecule has 0 radical (unpaired) electrons. The molecule has 0 saturated carbocycles. The van der Waals surface area contributed by atoms with E-state index in [1.165, 1.54) is 12.1 Å². The zero-order valence-corrected chi connectivity index (χ0v) is 17.2. The highest BCUT2D eigenvalue weighted by Crippen LogP contribution is 2.28. The Morgan fingerprint density at radius 3 is 2.76 bits per heavy atom. The van der Waals surface area contributed by atoms with Crippen molar-refractivity contribution in [3.05, 3.63) is 29.6 Å². The summed E-state index contributed by atoms with van der Waals surface area (Å²) >= 11 is 0. The van der Waals surface area contributed by atoms with Gasteiger partial charge in [0.25, 0.3) is 0 Å². The summed E-state index contributed by atoms with van der Waals surface area (Å²) in [5, 5.41) is 15.0. The first-order valence-electron chi connectivity index (χ1n) is 10.4. The van der Waals surface area contributed by atoms with Crippen molar-refractivity contribution >= 4 is 17.6 Å². The van der Waals surface area contributed by atoms with Gasteiger partial charge in [0, 0.05) is 31.4 Å². The summed E-state index contributed by atoms with van der Waals surface area (Å²) in [4.78, 5) is 29.9. The van der Waals surface area contributed by atoms with E-state index in [0.717, 1.165) is 37.9 Å². The molecule has 1 fully saturated rings. The molecular weight excluding hydrogens is 375 g/mol. The number of anilines is 1. The van der Waals surface area contributed by atoms with Crippen LogP contribution in [0.3, 0.4) is 0 Å². The van der Waals surface area contributed by atoms with E-state index in [2.05, 4.69) is 15.5 Å². The number of nitrogens with one attached hydrogen (secondary N) is 2. The number of piperidine rings is 1. The van der Waals surface area contributed by atoms with E-state index in [9.17, 15) is 14.0 Å². The number of carbonyl (C=O) groups excluding carboxylic acids is 2. The molecule has 7 nitrogen and oxygen atoms in total. The molecule has 1 saturated heterocycles. The number of fused-ring (bicyclic) bond motifs is 1. The van der Waals surface area contributed by atoms with Gasteiger partial charge in [0.1, 0.15) is 11.9 Å². The first-order chi connectivity index (χ1) is 13.9. The lowest BCUT2D eigenvalue weighted by atomic mass is 9.97. The summed E-state index contributed by atoms with van der Waals surface area (Å²) in [5.41, 5.74) is 1.15. The Balaban J connectivity index is 1.76. The summed E-state index contributed by atoms with van der Waals surface area (Å²) in [6.07, 6.45) is 2.36. The zero-order chi connectivity index (χ0) is 21.0. The smallest absolute Gasteiger partial charge is 0.318 e. The molecule has 0 aromatic heterocycles. The Kier molecular flexibility index (Phi) is 7.08. The molecule has 2 aliphatic rings. The number of nitrogens with zero attached hydrogens (tertiary/aromatic N) is 2. The van der Waals surface area contributed by atoms with Crippen molar-refractivity contribution in [3.63, 3.8) is 0 Å². The Morgan fingerprint density at radius 1 is 1.38 bits per heavy atom. The van der Waals surface area contributed by atoms with Gasteiger partial charge in [0.05, 0.1) is 13.2 Å². The molecule has 0 aliphatic carbocycles. The largest absolute Gasteiger partial charge is 0.395 e. The monoisotopic (exact) mass is 406 g/mol. The van der Waals surface area contributed by atoms with Crippen LogP contribution < -0.4 is 10.6 Å². The van der Waals surface area contributed by atoms with Crippen molar-refractivity contribution in [2.45, 2.75) is 51.7 Å². The van der Waals surface area contributed by atoms with E-state index in [-0.39, 0.29) is 37.0 Å². The summed E-state index contributed by atoms with van der Waals surface area (Å²) in [7, 11) is 0. The van der Waals surface area contributed by atoms with Crippen molar-refractivity contribution in [2.24, 2.45) is 5.92 Å². The summed E-state index contributed by atoms with van der Waals surface area (Å²) in [6, 6.07) is 3.43. The van der Waals surface area contributed by atoms with Crippen LogP contribution in [0.4, 0.5) is 14.9 Å². The van der Waals surface area contributed by atoms with E-state index in [4.69, 9.17) is 5.11 Å². The highest BCUT2D eigenvalue weighted by molar-refractivity contribution is 5.98. The molecule has 0 spiro atoms. The maximum atomic E-state index is 13.7. The second-order valence-electron chi connectivity index (χ2n) is 8.04. The van der Waals surface area contributed by atoms with Gasteiger partial charge in [-0.15, -0.1) is 0 Å². The van der Waals surface area contributed by atoms with Gasteiger partial charge < -0.3 is 25.5 Å². The van der Waals surface area contributed by atoms with Crippen LogP contribution in [-0.2, 0) is 11.3 Å². The number of hydrogen-bond donors (Lipinski definition) is 3. The van der Waals surface area contributed by atoms with Gasteiger partial charge in [0.2, 0.25) is 5.91 Å². The van der Waals surface area contributed by atoms with Crippen LogP contribution in [0.2, 0.25) is 0 Å². The van der Waals surface area contributed by atoms with Crippen molar-refractivity contribution in [1.82, 2.24) is 15.1 Å².